The normalized spacial score (nSPS) is 11.5. The molecule has 2 amide bonds. The number of amides is 2. The van der Waals surface area contributed by atoms with Crippen LogP contribution in [0, 0.1) is 0 Å². The van der Waals surface area contributed by atoms with Crippen molar-refractivity contribution < 1.29 is 14.3 Å². The van der Waals surface area contributed by atoms with Crippen molar-refractivity contribution in [3.63, 3.8) is 0 Å². The highest BCUT2D eigenvalue weighted by Crippen LogP contribution is 2.03. The minimum Gasteiger partial charge on any atom is -0.450 e. The van der Waals surface area contributed by atoms with Crippen molar-refractivity contribution in [3.8, 4) is 0 Å². The molecule has 0 aromatic heterocycles. The number of hydrazine groups is 1. The van der Waals surface area contributed by atoms with Gasteiger partial charge in [0.2, 0.25) is 0 Å². The van der Waals surface area contributed by atoms with E-state index in [0.29, 0.717) is 13.0 Å². The van der Waals surface area contributed by atoms with Crippen molar-refractivity contribution in [2.24, 2.45) is 5.84 Å². The van der Waals surface area contributed by atoms with Gasteiger partial charge >= 0.3 is 6.09 Å². The molecule has 1 rings (SSSR count). The fraction of sp³-hybridized carbons (Fsp3) is 0.429. The van der Waals surface area contributed by atoms with Gasteiger partial charge in [0.1, 0.15) is 6.04 Å². The Balaban J connectivity index is 2.56. The maximum atomic E-state index is 11.7. The Hall–Kier alpha value is -2.08. The number of nitrogens with two attached hydrogens (primary N) is 1. The van der Waals surface area contributed by atoms with Gasteiger partial charge in [0.25, 0.3) is 5.91 Å². The zero-order valence-electron chi connectivity index (χ0n) is 11.6. The fourth-order valence-corrected chi connectivity index (χ4v) is 1.65. The van der Waals surface area contributed by atoms with Gasteiger partial charge in [0.05, 0.1) is 6.61 Å². The van der Waals surface area contributed by atoms with Crippen molar-refractivity contribution in [3.05, 3.63) is 35.9 Å². The number of ether oxygens (including phenoxy) is 1. The van der Waals surface area contributed by atoms with Crippen LogP contribution in [-0.2, 0) is 16.0 Å². The second-order valence-corrected chi connectivity index (χ2v) is 4.38. The second-order valence-electron chi connectivity index (χ2n) is 4.38. The van der Waals surface area contributed by atoms with Crippen LogP contribution in [0.5, 0.6) is 0 Å². The Morgan fingerprint density at radius 2 is 2.00 bits per heavy atom. The summed E-state index contributed by atoms with van der Waals surface area (Å²) < 4.78 is 4.97. The number of carbonyl (C=O) groups is 2. The lowest BCUT2D eigenvalue weighted by Gasteiger charge is -2.17. The number of alkyl carbamates (subject to hydrolysis) is 1. The summed E-state index contributed by atoms with van der Waals surface area (Å²) in [4.78, 5) is 23.3. The Morgan fingerprint density at radius 3 is 2.60 bits per heavy atom. The topological polar surface area (TPSA) is 93.4 Å². The van der Waals surface area contributed by atoms with E-state index in [4.69, 9.17) is 10.6 Å². The summed E-state index contributed by atoms with van der Waals surface area (Å²) in [6.07, 6.45) is 1.47. The average Bonchev–Trinajstić information content (AvgIpc) is 2.47. The van der Waals surface area contributed by atoms with Gasteiger partial charge in [-0.1, -0.05) is 43.7 Å². The summed E-state index contributed by atoms with van der Waals surface area (Å²) in [6.45, 7) is 2.34. The molecule has 0 unspecified atom stereocenters. The zero-order chi connectivity index (χ0) is 14.8. The van der Waals surface area contributed by atoms with Gasteiger partial charge in [-0.05, 0) is 12.0 Å². The molecule has 6 heteroatoms. The van der Waals surface area contributed by atoms with Gasteiger partial charge < -0.3 is 10.1 Å². The quantitative estimate of drug-likeness (QED) is 0.302. The average molecular weight is 279 g/mol. The Kier molecular flexibility index (Phi) is 7.13. The lowest BCUT2D eigenvalue weighted by molar-refractivity contribution is -0.123. The highest BCUT2D eigenvalue weighted by molar-refractivity contribution is 5.85. The van der Waals surface area contributed by atoms with Crippen molar-refractivity contribution in [2.75, 3.05) is 6.61 Å². The smallest absolute Gasteiger partial charge is 0.407 e. The van der Waals surface area contributed by atoms with E-state index in [1.165, 1.54) is 0 Å². The van der Waals surface area contributed by atoms with E-state index in [2.05, 4.69) is 5.32 Å². The summed E-state index contributed by atoms with van der Waals surface area (Å²) in [5.41, 5.74) is 2.97. The van der Waals surface area contributed by atoms with Crippen LogP contribution in [0.3, 0.4) is 0 Å². The Morgan fingerprint density at radius 1 is 1.30 bits per heavy atom. The molecule has 110 valence electrons. The summed E-state index contributed by atoms with van der Waals surface area (Å²) >= 11 is 0. The molecule has 0 spiro atoms. The molecule has 0 radical (unpaired) electrons. The van der Waals surface area contributed by atoms with Crippen molar-refractivity contribution >= 4 is 12.0 Å². The number of carbonyl (C=O) groups excluding carboxylic acids is 2. The molecule has 4 N–H and O–H groups in total. The van der Waals surface area contributed by atoms with Gasteiger partial charge in [-0.15, -0.1) is 0 Å². The maximum absolute atomic E-state index is 11.7. The third kappa shape index (κ3) is 5.71. The number of hydrogen-bond donors (Lipinski definition) is 3. The van der Waals surface area contributed by atoms with Gasteiger partial charge in [-0.25, -0.2) is 10.6 Å². The molecule has 20 heavy (non-hydrogen) atoms. The van der Waals surface area contributed by atoms with Crippen LogP contribution in [-0.4, -0.2) is 24.6 Å². The summed E-state index contributed by atoms with van der Waals surface area (Å²) in [6, 6.07) is 8.62. The zero-order valence-corrected chi connectivity index (χ0v) is 11.6. The molecule has 0 bridgehead atoms. The van der Waals surface area contributed by atoms with Crippen LogP contribution in [0.25, 0.3) is 0 Å². The van der Waals surface area contributed by atoms with E-state index in [1.807, 2.05) is 42.7 Å². The molecule has 0 fully saturated rings. The molecular formula is C14H21N3O3. The van der Waals surface area contributed by atoms with Crippen LogP contribution in [0.2, 0.25) is 0 Å². The molecular weight excluding hydrogens is 258 g/mol. The molecule has 0 aliphatic rings. The monoisotopic (exact) mass is 279 g/mol. The van der Waals surface area contributed by atoms with E-state index in [9.17, 15) is 9.59 Å². The highest BCUT2D eigenvalue weighted by Gasteiger charge is 2.20. The van der Waals surface area contributed by atoms with Crippen molar-refractivity contribution in [2.45, 2.75) is 32.2 Å². The second kappa shape index (κ2) is 8.92. The summed E-state index contributed by atoms with van der Waals surface area (Å²) in [7, 11) is 0. The first kappa shape index (κ1) is 16.0. The largest absolute Gasteiger partial charge is 0.450 e. The van der Waals surface area contributed by atoms with Gasteiger partial charge in [-0.3, -0.25) is 10.2 Å². The fourth-order valence-electron chi connectivity index (χ4n) is 1.65. The molecule has 0 aliphatic heterocycles. The molecule has 1 atom stereocenters. The van der Waals surface area contributed by atoms with Crippen LogP contribution in [0.4, 0.5) is 4.79 Å². The van der Waals surface area contributed by atoms with Crippen LogP contribution >= 0.6 is 0 Å². The molecule has 1 aromatic carbocycles. The van der Waals surface area contributed by atoms with E-state index >= 15 is 0 Å². The van der Waals surface area contributed by atoms with E-state index < -0.39 is 18.0 Å². The highest BCUT2D eigenvalue weighted by atomic mass is 16.5. The van der Waals surface area contributed by atoms with Crippen LogP contribution in [0.1, 0.15) is 25.3 Å². The van der Waals surface area contributed by atoms with Crippen molar-refractivity contribution in [1.29, 1.82) is 0 Å². The standard InChI is InChI=1S/C14H21N3O3/c1-2-3-9-20-14(19)16-12(13(18)17-15)10-11-7-5-4-6-8-11/h4-8,12H,2-3,9-10,15H2,1H3,(H,16,19)(H,17,18)/t12-/m0/s1. The van der Waals surface area contributed by atoms with E-state index in [0.717, 1.165) is 18.4 Å². The van der Waals surface area contributed by atoms with Crippen LogP contribution < -0.4 is 16.6 Å². The minimum absolute atomic E-state index is 0.338. The predicted molar refractivity (Wildman–Crippen MR) is 75.7 cm³/mol. The van der Waals surface area contributed by atoms with E-state index in [-0.39, 0.29) is 0 Å². The van der Waals surface area contributed by atoms with Crippen LogP contribution in [0.15, 0.2) is 30.3 Å². The maximum Gasteiger partial charge on any atom is 0.407 e. The first-order valence-corrected chi connectivity index (χ1v) is 6.65. The molecule has 0 aliphatic carbocycles. The lowest BCUT2D eigenvalue weighted by atomic mass is 10.1. The summed E-state index contributed by atoms with van der Waals surface area (Å²) in [5.74, 6) is 4.68. The number of nitrogens with one attached hydrogen (secondary N) is 2. The van der Waals surface area contributed by atoms with Crippen molar-refractivity contribution in [1.82, 2.24) is 10.7 Å². The SMILES string of the molecule is CCCCOC(=O)N[C@@H](Cc1ccccc1)C(=O)NN. The third-order valence-corrected chi connectivity index (χ3v) is 2.76. The number of rotatable bonds is 7. The number of unbranched alkanes of at least 4 members (excludes halogenated alkanes) is 1. The van der Waals surface area contributed by atoms with Gasteiger partial charge in [0.15, 0.2) is 0 Å². The Bertz CT molecular complexity index is 423. The third-order valence-electron chi connectivity index (χ3n) is 2.76. The first-order valence-electron chi connectivity index (χ1n) is 6.65. The first-order chi connectivity index (χ1) is 9.67. The molecule has 0 heterocycles. The molecule has 0 saturated heterocycles. The lowest BCUT2D eigenvalue weighted by Crippen LogP contribution is -2.50. The number of hydrogen-bond acceptors (Lipinski definition) is 4. The summed E-state index contributed by atoms with van der Waals surface area (Å²) in [5, 5.41) is 2.52. The molecule has 0 saturated carbocycles. The van der Waals surface area contributed by atoms with Gasteiger partial charge in [0, 0.05) is 6.42 Å². The van der Waals surface area contributed by atoms with Gasteiger partial charge in [-0.2, -0.15) is 0 Å². The molecule has 1 aromatic rings. The predicted octanol–water partition coefficient (Wildman–Crippen LogP) is 1.11. The number of benzene rings is 1. The Labute approximate surface area is 118 Å². The van der Waals surface area contributed by atoms with E-state index in [1.54, 1.807) is 0 Å². The molecule has 6 nitrogen and oxygen atoms in total. The minimum atomic E-state index is -0.753.